The summed E-state index contributed by atoms with van der Waals surface area (Å²) in [5.41, 5.74) is 0. The Labute approximate surface area is 142 Å². The topological polar surface area (TPSA) is 99.3 Å². The number of carbonyl (C=O) groups is 2. The Bertz CT molecular complexity index is 532. The predicted octanol–water partition coefficient (Wildman–Crippen LogP) is 0.0299. The molecule has 0 saturated carbocycles. The number of nitrogens with zero attached hydrogens (tertiary/aromatic N) is 2. The first-order valence-electron chi connectivity index (χ1n) is 8.40. The molecule has 8 nitrogen and oxygen atoms in total. The molecule has 1 saturated heterocycles. The molecule has 0 aliphatic carbocycles. The summed E-state index contributed by atoms with van der Waals surface area (Å²) in [6.45, 7) is 7.45. The Hall–Kier alpha value is -1.93. The second-order valence-electron chi connectivity index (χ2n) is 6.24. The van der Waals surface area contributed by atoms with Crippen LogP contribution < -0.4 is 10.6 Å². The van der Waals surface area contributed by atoms with Crippen molar-refractivity contribution in [1.29, 1.82) is 0 Å². The van der Waals surface area contributed by atoms with Gasteiger partial charge in [0.15, 0.2) is 0 Å². The molecular weight excluding hydrogens is 310 g/mol. The molecule has 1 fully saturated rings. The van der Waals surface area contributed by atoms with Crippen molar-refractivity contribution < 1.29 is 14.3 Å². The number of imidazole rings is 1. The highest BCUT2D eigenvalue weighted by atomic mass is 16.5. The zero-order valence-electron chi connectivity index (χ0n) is 14.5. The number of hydrogen-bond acceptors (Lipinski definition) is 5. The van der Waals surface area contributed by atoms with Gasteiger partial charge in [-0.05, 0) is 27.2 Å². The van der Waals surface area contributed by atoms with E-state index >= 15 is 0 Å². The number of aromatic amines is 1. The van der Waals surface area contributed by atoms with Crippen LogP contribution in [-0.2, 0) is 20.9 Å². The summed E-state index contributed by atoms with van der Waals surface area (Å²) in [7, 11) is 0. The van der Waals surface area contributed by atoms with Crippen LogP contribution in [0.2, 0.25) is 0 Å². The molecular formula is C16H27N5O3. The van der Waals surface area contributed by atoms with E-state index in [1.807, 2.05) is 25.7 Å². The van der Waals surface area contributed by atoms with Gasteiger partial charge in [-0.2, -0.15) is 0 Å². The molecule has 1 aromatic rings. The van der Waals surface area contributed by atoms with Gasteiger partial charge in [0.1, 0.15) is 12.4 Å². The van der Waals surface area contributed by atoms with Gasteiger partial charge < -0.3 is 20.4 Å². The third-order valence-corrected chi connectivity index (χ3v) is 3.88. The van der Waals surface area contributed by atoms with Crippen molar-refractivity contribution in [2.24, 2.45) is 0 Å². The maximum Gasteiger partial charge on any atom is 0.246 e. The minimum Gasteiger partial charge on any atom is -0.369 e. The lowest BCUT2D eigenvalue weighted by Crippen LogP contribution is -2.42. The third-order valence-electron chi connectivity index (χ3n) is 3.88. The average molecular weight is 337 g/mol. The van der Waals surface area contributed by atoms with Crippen LogP contribution in [0.25, 0.3) is 0 Å². The van der Waals surface area contributed by atoms with Crippen LogP contribution in [0.3, 0.4) is 0 Å². The molecule has 0 aromatic carbocycles. The van der Waals surface area contributed by atoms with Crippen molar-refractivity contribution in [2.75, 3.05) is 19.7 Å². The van der Waals surface area contributed by atoms with Crippen molar-refractivity contribution in [3.63, 3.8) is 0 Å². The maximum absolute atomic E-state index is 12.3. The molecule has 2 amide bonds. The van der Waals surface area contributed by atoms with Crippen LogP contribution in [0.15, 0.2) is 12.4 Å². The monoisotopic (exact) mass is 337 g/mol. The molecule has 0 spiro atoms. The molecule has 2 heterocycles. The summed E-state index contributed by atoms with van der Waals surface area (Å²) in [5, 5.41) is 5.82. The number of amides is 2. The molecule has 8 heteroatoms. The van der Waals surface area contributed by atoms with Gasteiger partial charge in [0.25, 0.3) is 0 Å². The molecule has 1 aromatic heterocycles. The minimum absolute atomic E-state index is 0.0119. The molecule has 3 N–H and O–H groups in total. The van der Waals surface area contributed by atoms with E-state index in [0.717, 1.165) is 5.82 Å². The lowest BCUT2D eigenvalue weighted by molar-refractivity contribution is -0.128. The Morgan fingerprint density at radius 1 is 1.50 bits per heavy atom. The average Bonchev–Trinajstić information content (AvgIpc) is 3.16. The highest BCUT2D eigenvalue weighted by Crippen LogP contribution is 2.20. The van der Waals surface area contributed by atoms with Crippen LogP contribution in [0.5, 0.6) is 0 Å². The zero-order chi connectivity index (χ0) is 17.5. The fourth-order valence-corrected chi connectivity index (χ4v) is 2.84. The number of aromatic nitrogens is 2. The first kappa shape index (κ1) is 18.4. The lowest BCUT2D eigenvalue weighted by atomic mass is 10.1. The molecule has 0 radical (unpaired) electrons. The second-order valence-corrected chi connectivity index (χ2v) is 6.24. The van der Waals surface area contributed by atoms with Gasteiger partial charge in [0, 0.05) is 31.5 Å². The van der Waals surface area contributed by atoms with Crippen molar-refractivity contribution in [2.45, 2.75) is 51.9 Å². The summed E-state index contributed by atoms with van der Waals surface area (Å²) >= 11 is 0. The molecule has 2 rings (SSSR count). The smallest absolute Gasteiger partial charge is 0.246 e. The largest absolute Gasteiger partial charge is 0.369 e. The molecule has 24 heavy (non-hydrogen) atoms. The molecule has 134 valence electrons. The van der Waals surface area contributed by atoms with E-state index in [1.165, 1.54) is 0 Å². The summed E-state index contributed by atoms with van der Waals surface area (Å²) in [6.07, 6.45) is 4.04. The molecule has 2 atom stereocenters. The van der Waals surface area contributed by atoms with E-state index in [2.05, 4.69) is 20.6 Å². The van der Waals surface area contributed by atoms with E-state index in [9.17, 15) is 9.59 Å². The van der Waals surface area contributed by atoms with Gasteiger partial charge in [0.05, 0.1) is 18.7 Å². The summed E-state index contributed by atoms with van der Waals surface area (Å²) < 4.78 is 5.32. The van der Waals surface area contributed by atoms with E-state index in [4.69, 9.17) is 4.74 Å². The Morgan fingerprint density at radius 3 is 2.92 bits per heavy atom. The van der Waals surface area contributed by atoms with Crippen LogP contribution in [0.1, 0.15) is 33.0 Å². The fraction of sp³-hybridized carbons (Fsp3) is 0.688. The first-order chi connectivity index (χ1) is 11.5. The predicted molar refractivity (Wildman–Crippen MR) is 89.1 cm³/mol. The SMILES string of the molecule is CCNC(=O)[C@@H]1C[C@@H](NC(=O)COC(C)C)CN1Cc1ncc[nH]1. The summed E-state index contributed by atoms with van der Waals surface area (Å²) in [6, 6.07) is -0.345. The number of H-pyrrole nitrogens is 1. The summed E-state index contributed by atoms with van der Waals surface area (Å²) in [5.74, 6) is 0.641. The van der Waals surface area contributed by atoms with Crippen molar-refractivity contribution in [3.8, 4) is 0 Å². The van der Waals surface area contributed by atoms with Gasteiger partial charge in [0.2, 0.25) is 11.8 Å². The number of ether oxygens (including phenoxy) is 1. The summed E-state index contributed by atoms with van der Waals surface area (Å²) in [4.78, 5) is 33.6. The minimum atomic E-state index is -0.272. The highest BCUT2D eigenvalue weighted by Gasteiger charge is 2.37. The molecule has 0 bridgehead atoms. The van der Waals surface area contributed by atoms with Gasteiger partial charge in [-0.15, -0.1) is 0 Å². The molecule has 1 aliphatic rings. The van der Waals surface area contributed by atoms with E-state index in [1.54, 1.807) is 12.4 Å². The van der Waals surface area contributed by atoms with Crippen LogP contribution in [0, 0.1) is 0 Å². The van der Waals surface area contributed by atoms with Crippen LogP contribution >= 0.6 is 0 Å². The normalized spacial score (nSPS) is 21.2. The van der Waals surface area contributed by atoms with Crippen LogP contribution in [0.4, 0.5) is 0 Å². The van der Waals surface area contributed by atoms with Gasteiger partial charge in [-0.3, -0.25) is 14.5 Å². The highest BCUT2D eigenvalue weighted by molar-refractivity contribution is 5.82. The number of likely N-dealkylation sites (N-methyl/N-ethyl adjacent to an activating group) is 1. The Kier molecular flexibility index (Phi) is 6.74. The second kappa shape index (κ2) is 8.79. The molecule has 1 aliphatic heterocycles. The lowest BCUT2D eigenvalue weighted by Gasteiger charge is -2.22. The first-order valence-corrected chi connectivity index (χ1v) is 8.40. The van der Waals surface area contributed by atoms with Crippen molar-refractivity contribution >= 4 is 11.8 Å². The quantitative estimate of drug-likeness (QED) is 0.621. The van der Waals surface area contributed by atoms with Gasteiger partial charge in [-0.1, -0.05) is 0 Å². The van der Waals surface area contributed by atoms with Crippen LogP contribution in [-0.4, -0.2) is 64.6 Å². The Balaban J connectivity index is 1.94. The van der Waals surface area contributed by atoms with E-state index in [0.29, 0.717) is 26.1 Å². The van der Waals surface area contributed by atoms with E-state index in [-0.39, 0.29) is 36.6 Å². The number of carbonyl (C=O) groups excluding carboxylic acids is 2. The number of rotatable bonds is 8. The maximum atomic E-state index is 12.3. The number of hydrogen-bond donors (Lipinski definition) is 3. The number of nitrogens with one attached hydrogen (secondary N) is 3. The van der Waals surface area contributed by atoms with E-state index < -0.39 is 0 Å². The fourth-order valence-electron chi connectivity index (χ4n) is 2.84. The molecule has 0 unspecified atom stereocenters. The standard InChI is InChI=1S/C16H27N5O3/c1-4-17-16(23)13-7-12(20-15(22)10-24-11(2)3)8-21(13)9-14-18-5-6-19-14/h5-6,11-13H,4,7-10H2,1-3H3,(H,17,23)(H,18,19)(H,20,22)/t12-,13+/m1/s1. The zero-order valence-corrected chi connectivity index (χ0v) is 14.5. The third kappa shape index (κ3) is 5.31. The van der Waals surface area contributed by atoms with Gasteiger partial charge in [-0.25, -0.2) is 4.98 Å². The Morgan fingerprint density at radius 2 is 2.29 bits per heavy atom. The number of likely N-dealkylation sites (tertiary alicyclic amines) is 1. The van der Waals surface area contributed by atoms with Crippen molar-refractivity contribution in [1.82, 2.24) is 25.5 Å². The van der Waals surface area contributed by atoms with Crippen molar-refractivity contribution in [3.05, 3.63) is 18.2 Å². The van der Waals surface area contributed by atoms with Gasteiger partial charge >= 0.3 is 0 Å².